The lowest BCUT2D eigenvalue weighted by Gasteiger charge is -2.01. The molecule has 0 spiro atoms. The van der Waals surface area contributed by atoms with Crippen LogP contribution in [0.4, 0.5) is 5.13 Å². The fourth-order valence-electron chi connectivity index (χ4n) is 1.39. The van der Waals surface area contributed by atoms with E-state index in [0.29, 0.717) is 23.9 Å². The van der Waals surface area contributed by atoms with Crippen molar-refractivity contribution < 1.29 is 9.53 Å². The molecule has 8 heteroatoms. The van der Waals surface area contributed by atoms with E-state index in [1.165, 1.54) is 18.4 Å². The third-order valence-corrected chi connectivity index (χ3v) is 3.19. The van der Waals surface area contributed by atoms with Crippen molar-refractivity contribution in [3.05, 3.63) is 23.0 Å². The Morgan fingerprint density at radius 2 is 2.44 bits per heavy atom. The minimum absolute atomic E-state index is 0.366. The van der Waals surface area contributed by atoms with Gasteiger partial charge in [0.05, 0.1) is 19.9 Å². The van der Waals surface area contributed by atoms with E-state index in [1.54, 1.807) is 17.1 Å². The van der Waals surface area contributed by atoms with Gasteiger partial charge in [0, 0.05) is 17.6 Å². The van der Waals surface area contributed by atoms with Gasteiger partial charge in [-0.05, 0) is 6.92 Å². The Morgan fingerprint density at radius 3 is 3.11 bits per heavy atom. The van der Waals surface area contributed by atoms with Crippen LogP contribution in [0.5, 0.6) is 0 Å². The maximum Gasteiger partial charge on any atom is 0.357 e. The van der Waals surface area contributed by atoms with Crippen molar-refractivity contribution in [2.24, 2.45) is 0 Å². The van der Waals surface area contributed by atoms with Crippen molar-refractivity contribution in [1.82, 2.24) is 20.0 Å². The van der Waals surface area contributed by atoms with Gasteiger partial charge in [-0.3, -0.25) is 4.68 Å². The van der Waals surface area contributed by atoms with E-state index in [2.05, 4.69) is 25.3 Å². The van der Waals surface area contributed by atoms with Gasteiger partial charge >= 0.3 is 5.97 Å². The summed E-state index contributed by atoms with van der Waals surface area (Å²) in [4.78, 5) is 16.4. The summed E-state index contributed by atoms with van der Waals surface area (Å²) in [5.74, 6) is -0.409. The van der Waals surface area contributed by atoms with Crippen LogP contribution in [-0.4, -0.2) is 39.6 Å². The number of rotatable bonds is 5. The van der Waals surface area contributed by atoms with Gasteiger partial charge in [-0.2, -0.15) is 0 Å². The first-order valence-electron chi connectivity index (χ1n) is 5.34. The zero-order chi connectivity index (χ0) is 13.0. The molecule has 0 aliphatic heterocycles. The van der Waals surface area contributed by atoms with E-state index in [-0.39, 0.29) is 0 Å². The van der Waals surface area contributed by atoms with E-state index in [4.69, 9.17) is 0 Å². The molecule has 0 saturated carbocycles. The molecule has 2 aromatic rings. The highest BCUT2D eigenvalue weighted by atomic mass is 32.1. The third kappa shape index (κ3) is 2.83. The molecule has 2 heterocycles. The number of thiazole rings is 1. The minimum Gasteiger partial charge on any atom is -0.464 e. The smallest absolute Gasteiger partial charge is 0.357 e. The first-order chi connectivity index (χ1) is 8.70. The first kappa shape index (κ1) is 12.5. The maximum absolute atomic E-state index is 11.4. The van der Waals surface area contributed by atoms with Crippen LogP contribution < -0.4 is 5.32 Å². The molecule has 0 radical (unpaired) electrons. The summed E-state index contributed by atoms with van der Waals surface area (Å²) in [6, 6.07) is 0. The fourth-order valence-corrected chi connectivity index (χ4v) is 2.21. The predicted molar refractivity (Wildman–Crippen MR) is 66.7 cm³/mol. The highest BCUT2D eigenvalue weighted by Crippen LogP contribution is 2.22. The molecule has 1 N–H and O–H groups in total. The van der Waals surface area contributed by atoms with Crippen LogP contribution in [0.15, 0.2) is 12.4 Å². The number of nitrogens with one attached hydrogen (secondary N) is 1. The number of anilines is 1. The number of carbonyl (C=O) groups excluding carboxylic acids is 1. The summed E-state index contributed by atoms with van der Waals surface area (Å²) in [6.45, 7) is 3.19. The molecule has 0 bridgehead atoms. The summed E-state index contributed by atoms with van der Waals surface area (Å²) in [5, 5.41) is 11.4. The molecule has 0 amide bonds. The molecule has 0 aromatic carbocycles. The zero-order valence-electron chi connectivity index (χ0n) is 10.1. The van der Waals surface area contributed by atoms with Crippen molar-refractivity contribution in [3.63, 3.8) is 0 Å². The molecule has 0 aliphatic rings. The Bertz CT molecular complexity index is 522. The monoisotopic (exact) mass is 267 g/mol. The number of methoxy groups -OCH3 is 1. The van der Waals surface area contributed by atoms with Gasteiger partial charge in [0.1, 0.15) is 0 Å². The van der Waals surface area contributed by atoms with Gasteiger partial charge in [0.2, 0.25) is 0 Å². The topological polar surface area (TPSA) is 81.9 Å². The van der Waals surface area contributed by atoms with Crippen LogP contribution in [0.3, 0.4) is 0 Å². The summed E-state index contributed by atoms with van der Waals surface area (Å²) >= 11 is 1.43. The average molecular weight is 267 g/mol. The molecule has 7 nitrogen and oxygen atoms in total. The molecule has 2 aromatic heterocycles. The molecule has 0 atom stereocenters. The standard InChI is InChI=1S/C10H13N5O2S/c1-7-8(9(16)17-2)13-10(18-7)11-3-5-15-6-4-12-14-15/h4,6H,3,5H2,1-2H3,(H,11,13). The van der Waals surface area contributed by atoms with Crippen molar-refractivity contribution in [2.45, 2.75) is 13.5 Å². The Kier molecular flexibility index (Phi) is 3.88. The van der Waals surface area contributed by atoms with Gasteiger partial charge in [0.15, 0.2) is 10.8 Å². The van der Waals surface area contributed by atoms with E-state index < -0.39 is 5.97 Å². The number of hydrogen-bond donors (Lipinski definition) is 1. The zero-order valence-corrected chi connectivity index (χ0v) is 10.9. The Labute approximate surface area is 108 Å². The number of ether oxygens (including phenoxy) is 1. The van der Waals surface area contributed by atoms with Gasteiger partial charge in [0.25, 0.3) is 0 Å². The number of hydrogen-bond acceptors (Lipinski definition) is 7. The lowest BCUT2D eigenvalue weighted by molar-refractivity contribution is 0.0594. The van der Waals surface area contributed by atoms with Crippen LogP contribution in [0.2, 0.25) is 0 Å². The summed E-state index contributed by atoms with van der Waals surface area (Å²) < 4.78 is 6.37. The van der Waals surface area contributed by atoms with Crippen LogP contribution in [0, 0.1) is 6.92 Å². The van der Waals surface area contributed by atoms with Crippen LogP contribution in [0.25, 0.3) is 0 Å². The Balaban J connectivity index is 1.92. The molecule has 0 saturated heterocycles. The maximum atomic E-state index is 11.4. The first-order valence-corrected chi connectivity index (χ1v) is 6.16. The molecular weight excluding hydrogens is 254 g/mol. The summed E-state index contributed by atoms with van der Waals surface area (Å²) in [7, 11) is 1.35. The van der Waals surface area contributed by atoms with Crippen molar-refractivity contribution >= 4 is 22.4 Å². The second-order valence-electron chi connectivity index (χ2n) is 3.51. The van der Waals surface area contributed by atoms with E-state index in [9.17, 15) is 4.79 Å². The number of carbonyl (C=O) groups is 1. The number of aromatic nitrogens is 4. The lowest BCUT2D eigenvalue weighted by atomic mass is 10.4. The predicted octanol–water partition coefficient (Wildman–Crippen LogP) is 0.942. The van der Waals surface area contributed by atoms with Crippen molar-refractivity contribution in [3.8, 4) is 0 Å². The number of esters is 1. The van der Waals surface area contributed by atoms with Crippen molar-refractivity contribution in [2.75, 3.05) is 19.0 Å². The van der Waals surface area contributed by atoms with Gasteiger partial charge in [-0.1, -0.05) is 5.21 Å². The van der Waals surface area contributed by atoms with Crippen LogP contribution in [-0.2, 0) is 11.3 Å². The van der Waals surface area contributed by atoms with Gasteiger partial charge in [-0.25, -0.2) is 9.78 Å². The highest BCUT2D eigenvalue weighted by Gasteiger charge is 2.15. The minimum atomic E-state index is -0.409. The normalized spacial score (nSPS) is 10.3. The van der Waals surface area contributed by atoms with E-state index >= 15 is 0 Å². The highest BCUT2D eigenvalue weighted by molar-refractivity contribution is 7.15. The summed E-state index contributed by atoms with van der Waals surface area (Å²) in [5.41, 5.74) is 0.366. The molecule has 18 heavy (non-hydrogen) atoms. The molecular formula is C10H13N5O2S. The lowest BCUT2D eigenvalue weighted by Crippen LogP contribution is -2.11. The second-order valence-corrected chi connectivity index (χ2v) is 4.71. The van der Waals surface area contributed by atoms with Gasteiger partial charge in [-0.15, -0.1) is 16.4 Å². The summed E-state index contributed by atoms with van der Waals surface area (Å²) in [6.07, 6.45) is 3.41. The molecule has 0 fully saturated rings. The SMILES string of the molecule is COC(=O)c1nc(NCCn2ccnn2)sc1C. The average Bonchev–Trinajstić information content (AvgIpc) is 2.98. The molecule has 2 rings (SSSR count). The molecule has 96 valence electrons. The number of aryl methyl sites for hydroxylation is 1. The Hall–Kier alpha value is -1.96. The van der Waals surface area contributed by atoms with Crippen LogP contribution in [0.1, 0.15) is 15.4 Å². The van der Waals surface area contributed by atoms with E-state index in [1.807, 2.05) is 6.92 Å². The van der Waals surface area contributed by atoms with E-state index in [0.717, 1.165) is 4.88 Å². The second kappa shape index (κ2) is 5.58. The van der Waals surface area contributed by atoms with Crippen molar-refractivity contribution in [1.29, 1.82) is 0 Å². The largest absolute Gasteiger partial charge is 0.464 e. The Morgan fingerprint density at radius 1 is 1.61 bits per heavy atom. The van der Waals surface area contributed by atoms with Gasteiger partial charge < -0.3 is 10.1 Å². The molecule has 0 aliphatic carbocycles. The third-order valence-electron chi connectivity index (χ3n) is 2.26. The number of nitrogens with zero attached hydrogens (tertiary/aromatic N) is 4. The fraction of sp³-hybridized carbons (Fsp3) is 0.400. The quantitative estimate of drug-likeness (QED) is 0.812. The van der Waals surface area contributed by atoms with Crippen LogP contribution >= 0.6 is 11.3 Å². The molecule has 0 unspecified atom stereocenters.